The SMILES string of the molecule is COc1ccc2c(c1)CCCC2CNC(=O)c1cc(C(=O)O)ccn1. The van der Waals surface area contributed by atoms with Crippen molar-refractivity contribution < 1.29 is 19.4 Å². The summed E-state index contributed by atoms with van der Waals surface area (Å²) in [6.07, 6.45) is 4.41. The number of carboxylic acids is 1. The number of carboxylic acid groups (broad SMARTS) is 1. The highest BCUT2D eigenvalue weighted by Gasteiger charge is 2.22. The van der Waals surface area contributed by atoms with Crippen LogP contribution in [-0.2, 0) is 6.42 Å². The molecule has 6 nitrogen and oxygen atoms in total. The molecular weight excluding hydrogens is 320 g/mol. The Morgan fingerprint density at radius 2 is 2.16 bits per heavy atom. The van der Waals surface area contributed by atoms with Crippen molar-refractivity contribution in [1.82, 2.24) is 10.3 Å². The molecule has 1 aromatic heterocycles. The number of hydrogen-bond donors (Lipinski definition) is 2. The highest BCUT2D eigenvalue weighted by Crippen LogP contribution is 2.33. The zero-order valence-electron chi connectivity index (χ0n) is 14.0. The van der Waals surface area contributed by atoms with Crippen LogP contribution in [-0.4, -0.2) is 35.6 Å². The molecule has 0 aliphatic heterocycles. The molecule has 0 saturated carbocycles. The minimum atomic E-state index is -1.08. The average Bonchev–Trinajstić information content (AvgIpc) is 2.65. The molecule has 1 aliphatic carbocycles. The molecule has 0 fully saturated rings. The van der Waals surface area contributed by atoms with Crippen LogP contribution >= 0.6 is 0 Å². The van der Waals surface area contributed by atoms with E-state index >= 15 is 0 Å². The summed E-state index contributed by atoms with van der Waals surface area (Å²) in [5.74, 6) is -0.352. The van der Waals surface area contributed by atoms with Crippen molar-refractivity contribution in [2.45, 2.75) is 25.2 Å². The van der Waals surface area contributed by atoms with E-state index in [1.54, 1.807) is 7.11 Å². The Bertz CT molecular complexity index is 804. The molecule has 1 aromatic carbocycles. The summed E-state index contributed by atoms with van der Waals surface area (Å²) >= 11 is 0. The fourth-order valence-electron chi connectivity index (χ4n) is 3.22. The molecule has 0 spiro atoms. The molecule has 1 amide bonds. The number of carbonyl (C=O) groups is 2. The third-order valence-electron chi connectivity index (χ3n) is 4.54. The number of fused-ring (bicyclic) bond motifs is 1. The maximum atomic E-state index is 12.3. The van der Waals surface area contributed by atoms with E-state index in [4.69, 9.17) is 9.84 Å². The molecule has 25 heavy (non-hydrogen) atoms. The van der Waals surface area contributed by atoms with Crippen molar-refractivity contribution in [3.05, 3.63) is 58.9 Å². The smallest absolute Gasteiger partial charge is 0.335 e. The number of carbonyl (C=O) groups excluding carboxylic acids is 1. The van der Waals surface area contributed by atoms with Crippen molar-refractivity contribution in [2.75, 3.05) is 13.7 Å². The zero-order valence-corrected chi connectivity index (χ0v) is 14.0. The summed E-state index contributed by atoms with van der Waals surface area (Å²) in [5.41, 5.74) is 2.66. The molecule has 1 unspecified atom stereocenters. The molecule has 1 heterocycles. The van der Waals surface area contributed by atoms with Gasteiger partial charge in [-0.15, -0.1) is 0 Å². The lowest BCUT2D eigenvalue weighted by molar-refractivity contribution is 0.0696. The molecule has 0 radical (unpaired) electrons. The predicted molar refractivity (Wildman–Crippen MR) is 92.2 cm³/mol. The molecule has 0 saturated heterocycles. The topological polar surface area (TPSA) is 88.5 Å². The fraction of sp³-hybridized carbons (Fsp3) is 0.316. The second kappa shape index (κ2) is 7.34. The third-order valence-corrected chi connectivity index (χ3v) is 4.54. The lowest BCUT2D eigenvalue weighted by Gasteiger charge is -2.26. The van der Waals surface area contributed by atoms with E-state index in [1.165, 1.54) is 29.5 Å². The number of rotatable bonds is 5. The van der Waals surface area contributed by atoms with Crippen LogP contribution < -0.4 is 10.1 Å². The number of ether oxygens (including phenoxy) is 1. The van der Waals surface area contributed by atoms with Crippen molar-refractivity contribution in [2.24, 2.45) is 0 Å². The molecule has 2 aromatic rings. The van der Waals surface area contributed by atoms with Gasteiger partial charge >= 0.3 is 5.97 Å². The van der Waals surface area contributed by atoms with Crippen LogP contribution in [0.1, 0.15) is 50.7 Å². The maximum absolute atomic E-state index is 12.3. The lowest BCUT2D eigenvalue weighted by Crippen LogP contribution is -2.30. The van der Waals surface area contributed by atoms with Gasteiger partial charge in [0, 0.05) is 18.7 Å². The Kier molecular flexibility index (Phi) is 4.97. The van der Waals surface area contributed by atoms with Crippen molar-refractivity contribution in [3.8, 4) is 5.75 Å². The lowest BCUT2D eigenvalue weighted by atomic mass is 9.82. The van der Waals surface area contributed by atoms with Gasteiger partial charge in [0.25, 0.3) is 5.91 Å². The summed E-state index contributed by atoms with van der Waals surface area (Å²) in [5, 5.41) is 11.9. The van der Waals surface area contributed by atoms with Gasteiger partial charge in [0.2, 0.25) is 0 Å². The number of amides is 1. The summed E-state index contributed by atoms with van der Waals surface area (Å²) in [6.45, 7) is 0.497. The van der Waals surface area contributed by atoms with Crippen LogP contribution in [0.4, 0.5) is 0 Å². The van der Waals surface area contributed by atoms with Crippen molar-refractivity contribution in [1.29, 1.82) is 0 Å². The van der Waals surface area contributed by atoms with E-state index in [0.717, 1.165) is 25.0 Å². The molecule has 130 valence electrons. The first-order valence-electron chi connectivity index (χ1n) is 8.23. The quantitative estimate of drug-likeness (QED) is 0.873. The Labute approximate surface area is 145 Å². The van der Waals surface area contributed by atoms with Gasteiger partial charge in [-0.25, -0.2) is 4.79 Å². The van der Waals surface area contributed by atoms with Gasteiger partial charge in [0.15, 0.2) is 0 Å². The maximum Gasteiger partial charge on any atom is 0.335 e. The number of aromatic nitrogens is 1. The number of nitrogens with one attached hydrogen (secondary N) is 1. The van der Waals surface area contributed by atoms with E-state index in [9.17, 15) is 9.59 Å². The largest absolute Gasteiger partial charge is 0.497 e. The second-order valence-corrected chi connectivity index (χ2v) is 6.10. The summed E-state index contributed by atoms with van der Waals surface area (Å²) in [4.78, 5) is 27.2. The molecular formula is C19H20N2O4. The van der Waals surface area contributed by atoms with Crippen LogP contribution in [0.25, 0.3) is 0 Å². The number of benzene rings is 1. The Hall–Kier alpha value is -2.89. The number of pyridine rings is 1. The first-order chi connectivity index (χ1) is 12.1. The minimum Gasteiger partial charge on any atom is -0.497 e. The average molecular weight is 340 g/mol. The number of hydrogen-bond acceptors (Lipinski definition) is 4. The van der Waals surface area contributed by atoms with Crippen LogP contribution in [0.15, 0.2) is 36.5 Å². The summed E-state index contributed by atoms with van der Waals surface area (Å²) in [7, 11) is 1.65. The fourth-order valence-corrected chi connectivity index (χ4v) is 3.22. The van der Waals surface area contributed by atoms with Gasteiger partial charge in [-0.3, -0.25) is 9.78 Å². The summed E-state index contributed by atoms with van der Waals surface area (Å²) in [6, 6.07) is 8.72. The molecule has 3 rings (SSSR count). The third kappa shape index (κ3) is 3.79. The molecule has 0 bridgehead atoms. The first kappa shape index (κ1) is 17.0. The van der Waals surface area contributed by atoms with Crippen molar-refractivity contribution >= 4 is 11.9 Å². The molecule has 2 N–H and O–H groups in total. The zero-order chi connectivity index (χ0) is 17.8. The van der Waals surface area contributed by atoms with E-state index < -0.39 is 5.97 Å². The van der Waals surface area contributed by atoms with Gasteiger partial charge < -0.3 is 15.2 Å². The Balaban J connectivity index is 1.69. The number of aromatic carboxylic acids is 1. The van der Waals surface area contributed by atoms with Gasteiger partial charge in [-0.2, -0.15) is 0 Å². The number of methoxy groups -OCH3 is 1. The van der Waals surface area contributed by atoms with Crippen LogP contribution in [0.5, 0.6) is 5.75 Å². The van der Waals surface area contributed by atoms with Gasteiger partial charge in [-0.1, -0.05) is 6.07 Å². The molecule has 6 heteroatoms. The van der Waals surface area contributed by atoms with Crippen molar-refractivity contribution in [3.63, 3.8) is 0 Å². The monoisotopic (exact) mass is 340 g/mol. The molecule has 1 atom stereocenters. The van der Waals surface area contributed by atoms with Crippen LogP contribution in [0, 0.1) is 0 Å². The van der Waals surface area contributed by atoms with E-state index in [1.807, 2.05) is 6.07 Å². The minimum absolute atomic E-state index is 0.0512. The van der Waals surface area contributed by atoms with Crippen LogP contribution in [0.3, 0.4) is 0 Å². The number of nitrogens with zero attached hydrogens (tertiary/aromatic N) is 1. The van der Waals surface area contributed by atoms with Gasteiger partial charge in [0.1, 0.15) is 11.4 Å². The standard InChI is InChI=1S/C19H20N2O4/c1-25-15-5-6-16-12(9-15)3-2-4-14(16)11-21-18(22)17-10-13(19(23)24)7-8-20-17/h5-10,14H,2-4,11H2,1H3,(H,21,22)(H,23,24). The number of aryl methyl sites for hydroxylation is 1. The second-order valence-electron chi connectivity index (χ2n) is 6.10. The van der Waals surface area contributed by atoms with Crippen LogP contribution in [0.2, 0.25) is 0 Å². The first-order valence-corrected chi connectivity index (χ1v) is 8.23. The Morgan fingerprint density at radius 1 is 1.32 bits per heavy atom. The normalized spacial score (nSPS) is 16.0. The predicted octanol–water partition coefficient (Wildman–Crippen LogP) is 2.64. The highest BCUT2D eigenvalue weighted by molar-refractivity contribution is 5.95. The van der Waals surface area contributed by atoms with E-state index in [0.29, 0.717) is 6.54 Å². The van der Waals surface area contributed by atoms with E-state index in [-0.39, 0.29) is 23.1 Å². The molecule has 1 aliphatic rings. The van der Waals surface area contributed by atoms with Gasteiger partial charge in [0.05, 0.1) is 12.7 Å². The van der Waals surface area contributed by atoms with E-state index in [2.05, 4.69) is 22.4 Å². The summed E-state index contributed by atoms with van der Waals surface area (Å²) < 4.78 is 5.28. The highest BCUT2D eigenvalue weighted by atomic mass is 16.5. The Morgan fingerprint density at radius 3 is 2.92 bits per heavy atom. The van der Waals surface area contributed by atoms with Gasteiger partial charge in [-0.05, 0) is 54.7 Å².